The maximum Gasteiger partial charge on any atom is 0.0401 e. The van der Waals surface area contributed by atoms with Crippen molar-refractivity contribution in [2.45, 2.75) is 6.92 Å². The van der Waals surface area contributed by atoms with Crippen molar-refractivity contribution in [3.8, 4) is 0 Å². The van der Waals surface area contributed by atoms with Crippen LogP contribution in [-0.2, 0) is 0 Å². The molecule has 58 valence electrons. The number of hydrogen-bond acceptors (Lipinski definition) is 1. The molecule has 0 saturated carbocycles. The maximum atomic E-state index is 3.75. The van der Waals surface area contributed by atoms with E-state index < -0.39 is 0 Å². The third-order valence-electron chi connectivity index (χ3n) is 1.64. The summed E-state index contributed by atoms with van der Waals surface area (Å²) in [6.07, 6.45) is 10.0. The van der Waals surface area contributed by atoms with Crippen LogP contribution in [0.3, 0.4) is 0 Å². The molecule has 1 heteroatoms. The van der Waals surface area contributed by atoms with Crippen LogP contribution in [0.4, 0.5) is 0 Å². The molecule has 0 unspecified atom stereocenters. The molecule has 0 amide bonds. The van der Waals surface area contributed by atoms with Crippen LogP contribution < -0.4 is 5.32 Å². The zero-order valence-electron chi connectivity index (χ0n) is 6.80. The lowest BCUT2D eigenvalue weighted by molar-refractivity contribution is 0.932. The van der Waals surface area contributed by atoms with Gasteiger partial charge in [0.15, 0.2) is 0 Å². The average Bonchev–Trinajstić information content (AvgIpc) is 2.06. The summed E-state index contributed by atoms with van der Waals surface area (Å²) in [5.41, 5.74) is 2.51. The number of rotatable bonds is 2. The van der Waals surface area contributed by atoms with Gasteiger partial charge in [-0.3, -0.25) is 0 Å². The lowest BCUT2D eigenvalue weighted by Gasteiger charge is -2.10. The van der Waals surface area contributed by atoms with E-state index in [-0.39, 0.29) is 0 Å². The molecule has 0 bridgehead atoms. The molecule has 1 aliphatic heterocycles. The zero-order valence-corrected chi connectivity index (χ0v) is 6.80. The Labute approximate surface area is 67.8 Å². The Morgan fingerprint density at radius 2 is 2.45 bits per heavy atom. The normalized spacial score (nSPS) is 17.2. The minimum absolute atomic E-state index is 0.889. The van der Waals surface area contributed by atoms with Gasteiger partial charge in [-0.05, 0) is 30.3 Å². The molecular formula is C10H13N. The first kappa shape index (κ1) is 7.86. The molecule has 1 heterocycles. The summed E-state index contributed by atoms with van der Waals surface area (Å²) in [4.78, 5) is 0. The first-order chi connectivity index (χ1) is 5.38. The van der Waals surface area contributed by atoms with Crippen molar-refractivity contribution < 1.29 is 0 Å². The summed E-state index contributed by atoms with van der Waals surface area (Å²) in [6.45, 7) is 6.66. The number of nitrogens with one attached hydrogen (secondary N) is 1. The summed E-state index contributed by atoms with van der Waals surface area (Å²) in [5, 5.41) is 3.13. The summed E-state index contributed by atoms with van der Waals surface area (Å²) < 4.78 is 0. The fourth-order valence-corrected chi connectivity index (χ4v) is 1.06. The predicted octanol–water partition coefficient (Wildman–Crippen LogP) is 2.16. The van der Waals surface area contributed by atoms with Crippen LogP contribution in [0.2, 0.25) is 0 Å². The molecule has 0 aromatic carbocycles. The van der Waals surface area contributed by atoms with Crippen molar-refractivity contribution in [2.24, 2.45) is 0 Å². The summed E-state index contributed by atoms with van der Waals surface area (Å²) >= 11 is 0. The third kappa shape index (κ3) is 1.84. The monoisotopic (exact) mass is 147 g/mol. The van der Waals surface area contributed by atoms with E-state index in [4.69, 9.17) is 0 Å². The second-order valence-electron chi connectivity index (χ2n) is 2.40. The van der Waals surface area contributed by atoms with Gasteiger partial charge >= 0.3 is 0 Å². The maximum absolute atomic E-state index is 3.75. The van der Waals surface area contributed by atoms with Crippen LogP contribution in [0.15, 0.2) is 48.2 Å². The molecule has 0 aromatic heterocycles. The Morgan fingerprint density at radius 3 is 3.09 bits per heavy atom. The zero-order chi connectivity index (χ0) is 8.10. The van der Waals surface area contributed by atoms with Gasteiger partial charge in [-0.1, -0.05) is 24.8 Å². The topological polar surface area (TPSA) is 12.0 Å². The van der Waals surface area contributed by atoms with Gasteiger partial charge in [0.25, 0.3) is 0 Å². The molecule has 0 aliphatic carbocycles. The number of hydrogen-bond donors (Lipinski definition) is 1. The Hall–Kier alpha value is -1.24. The van der Waals surface area contributed by atoms with Crippen LogP contribution >= 0.6 is 0 Å². The van der Waals surface area contributed by atoms with Crippen molar-refractivity contribution in [2.75, 3.05) is 6.54 Å². The van der Waals surface area contributed by atoms with Crippen LogP contribution in [0.25, 0.3) is 0 Å². The average molecular weight is 147 g/mol. The lowest BCUT2D eigenvalue weighted by atomic mass is 10.1. The van der Waals surface area contributed by atoms with Gasteiger partial charge in [-0.15, -0.1) is 0 Å². The Balaban J connectivity index is 2.91. The van der Waals surface area contributed by atoms with Crippen molar-refractivity contribution in [1.82, 2.24) is 5.32 Å². The van der Waals surface area contributed by atoms with Crippen LogP contribution in [-0.4, -0.2) is 6.54 Å². The van der Waals surface area contributed by atoms with Gasteiger partial charge in [0.05, 0.1) is 0 Å². The first-order valence-corrected chi connectivity index (χ1v) is 3.76. The van der Waals surface area contributed by atoms with Gasteiger partial charge in [-0.25, -0.2) is 0 Å². The van der Waals surface area contributed by atoms with Gasteiger partial charge in [0, 0.05) is 6.54 Å². The molecule has 0 atom stereocenters. The third-order valence-corrected chi connectivity index (χ3v) is 1.64. The van der Waals surface area contributed by atoms with E-state index in [0.29, 0.717) is 0 Å². The van der Waals surface area contributed by atoms with Gasteiger partial charge < -0.3 is 5.32 Å². The first-order valence-electron chi connectivity index (χ1n) is 3.76. The van der Waals surface area contributed by atoms with Crippen LogP contribution in [0.5, 0.6) is 0 Å². The molecule has 1 nitrogen and oxygen atoms in total. The minimum Gasteiger partial charge on any atom is -0.387 e. The molecular weight excluding hydrogens is 134 g/mol. The highest BCUT2D eigenvalue weighted by atomic mass is 14.8. The van der Waals surface area contributed by atoms with E-state index in [1.54, 1.807) is 0 Å². The fourth-order valence-electron chi connectivity index (χ4n) is 1.06. The second-order valence-corrected chi connectivity index (χ2v) is 2.40. The highest BCUT2D eigenvalue weighted by Crippen LogP contribution is 2.11. The summed E-state index contributed by atoms with van der Waals surface area (Å²) in [5.74, 6) is 0. The highest BCUT2D eigenvalue weighted by molar-refractivity contribution is 5.42. The molecule has 0 fully saturated rings. The molecule has 11 heavy (non-hydrogen) atoms. The van der Waals surface area contributed by atoms with Gasteiger partial charge in [-0.2, -0.15) is 0 Å². The molecule has 1 N–H and O–H groups in total. The fraction of sp³-hybridized carbons (Fsp3) is 0.200. The highest BCUT2D eigenvalue weighted by Gasteiger charge is 1.99. The van der Waals surface area contributed by atoms with Gasteiger partial charge in [0.1, 0.15) is 0 Å². The standard InChI is InChI=1S/C10H13N/c1-3-5-10-6-7-11-8-9(10)4-2/h3-7,11H,2,8H2,1H3/b5-3-. The molecule has 0 spiro atoms. The quantitative estimate of drug-likeness (QED) is 0.631. The Morgan fingerprint density at radius 1 is 1.64 bits per heavy atom. The number of allylic oxidation sites excluding steroid dienone is 4. The largest absolute Gasteiger partial charge is 0.387 e. The van der Waals surface area contributed by atoms with Gasteiger partial charge in [0.2, 0.25) is 0 Å². The molecule has 1 aliphatic rings. The molecule has 0 aromatic rings. The molecule has 0 radical (unpaired) electrons. The van der Waals surface area contributed by atoms with E-state index in [2.05, 4.69) is 24.0 Å². The van der Waals surface area contributed by atoms with Crippen molar-refractivity contribution in [3.05, 3.63) is 48.2 Å². The van der Waals surface area contributed by atoms with Crippen molar-refractivity contribution in [1.29, 1.82) is 0 Å². The van der Waals surface area contributed by atoms with E-state index in [9.17, 15) is 0 Å². The number of dihydropyridines is 1. The summed E-state index contributed by atoms with van der Waals surface area (Å²) in [7, 11) is 0. The second kappa shape index (κ2) is 3.81. The Kier molecular flexibility index (Phi) is 2.73. The van der Waals surface area contributed by atoms with Crippen LogP contribution in [0.1, 0.15) is 6.92 Å². The molecule has 1 rings (SSSR count). The van der Waals surface area contributed by atoms with E-state index >= 15 is 0 Å². The van der Waals surface area contributed by atoms with Crippen LogP contribution in [0, 0.1) is 0 Å². The van der Waals surface area contributed by atoms with Crippen molar-refractivity contribution in [3.63, 3.8) is 0 Å². The Bertz CT molecular complexity index is 227. The SMILES string of the molecule is C=CC1=C(/C=C\C)C=CNC1. The molecule has 0 saturated heterocycles. The van der Waals surface area contributed by atoms with E-state index in [1.165, 1.54) is 11.1 Å². The van der Waals surface area contributed by atoms with E-state index in [0.717, 1.165) is 6.54 Å². The van der Waals surface area contributed by atoms with E-state index in [1.807, 2.05) is 25.3 Å². The van der Waals surface area contributed by atoms with Crippen molar-refractivity contribution >= 4 is 0 Å². The minimum atomic E-state index is 0.889. The predicted molar refractivity (Wildman–Crippen MR) is 49.2 cm³/mol. The summed E-state index contributed by atoms with van der Waals surface area (Å²) in [6, 6.07) is 0. The lowest BCUT2D eigenvalue weighted by Crippen LogP contribution is -2.13. The smallest absolute Gasteiger partial charge is 0.0401 e.